The van der Waals surface area contributed by atoms with Crippen LogP contribution in [-0.4, -0.2) is 28.9 Å². The second-order valence-electron chi connectivity index (χ2n) is 6.35. The molecule has 1 unspecified atom stereocenters. The van der Waals surface area contributed by atoms with Crippen molar-refractivity contribution in [3.05, 3.63) is 22.2 Å². The molecule has 0 radical (unpaired) electrons. The molecule has 1 amide bonds. The molecule has 0 spiro atoms. The number of aromatic nitrogens is 1. The van der Waals surface area contributed by atoms with E-state index in [1.807, 2.05) is 0 Å². The third kappa shape index (κ3) is 2.94. The van der Waals surface area contributed by atoms with Gasteiger partial charge in [0.25, 0.3) is 5.91 Å². The minimum Gasteiger partial charge on any atom is -0.397 e. The van der Waals surface area contributed by atoms with Crippen LogP contribution in [0.4, 0.5) is 18.9 Å². The quantitative estimate of drug-likeness (QED) is 0.837. The molecule has 4 nitrogen and oxygen atoms in total. The standard InChI is InChI=1S/C16H18F3N3OS/c1-8-4-3-5-22(7-8)15(23)13-12(20)11-9(2)6-10(16(17,18)19)21-14(11)24-13/h6,8H,3-5,7,20H2,1-2H3. The summed E-state index contributed by atoms with van der Waals surface area (Å²) < 4.78 is 38.8. The van der Waals surface area contributed by atoms with Gasteiger partial charge in [0.1, 0.15) is 15.4 Å². The van der Waals surface area contributed by atoms with Crippen LogP contribution in [0.2, 0.25) is 0 Å². The molecule has 1 fully saturated rings. The van der Waals surface area contributed by atoms with E-state index in [0.717, 1.165) is 30.2 Å². The summed E-state index contributed by atoms with van der Waals surface area (Å²) in [4.78, 5) is 18.6. The number of carbonyl (C=O) groups excluding carboxylic acids is 1. The molecule has 3 heterocycles. The summed E-state index contributed by atoms with van der Waals surface area (Å²) in [5.41, 5.74) is 5.74. The van der Waals surface area contributed by atoms with Crippen molar-refractivity contribution in [3.63, 3.8) is 0 Å². The van der Waals surface area contributed by atoms with Crippen LogP contribution in [-0.2, 0) is 6.18 Å². The topological polar surface area (TPSA) is 59.2 Å². The zero-order valence-electron chi connectivity index (χ0n) is 13.4. The van der Waals surface area contributed by atoms with Crippen LogP contribution in [0.25, 0.3) is 10.2 Å². The number of thiophene rings is 1. The normalized spacial score (nSPS) is 19.0. The Labute approximate surface area is 141 Å². The number of amides is 1. The van der Waals surface area contributed by atoms with Crippen LogP contribution in [0, 0.1) is 12.8 Å². The number of alkyl halides is 3. The van der Waals surface area contributed by atoms with Crippen molar-refractivity contribution in [2.45, 2.75) is 32.9 Å². The molecule has 130 valence electrons. The van der Waals surface area contributed by atoms with E-state index in [0.29, 0.717) is 30.0 Å². The van der Waals surface area contributed by atoms with E-state index in [1.165, 1.54) is 0 Å². The number of likely N-dealkylation sites (tertiary alicyclic amines) is 1. The van der Waals surface area contributed by atoms with Gasteiger partial charge in [0.05, 0.1) is 5.69 Å². The van der Waals surface area contributed by atoms with E-state index in [2.05, 4.69) is 11.9 Å². The Hall–Kier alpha value is -1.83. The summed E-state index contributed by atoms with van der Waals surface area (Å²) >= 11 is 0.944. The molecule has 3 rings (SSSR count). The fraction of sp³-hybridized carbons (Fsp3) is 0.500. The van der Waals surface area contributed by atoms with Crippen LogP contribution in [0.1, 0.15) is 40.7 Å². The lowest BCUT2D eigenvalue weighted by Crippen LogP contribution is -2.39. The molecule has 0 saturated carbocycles. The van der Waals surface area contributed by atoms with Crippen LogP contribution in [0.5, 0.6) is 0 Å². The highest BCUT2D eigenvalue weighted by Gasteiger charge is 2.34. The molecule has 2 aromatic rings. The summed E-state index contributed by atoms with van der Waals surface area (Å²) in [5.74, 6) is 0.199. The van der Waals surface area contributed by atoms with E-state index < -0.39 is 11.9 Å². The van der Waals surface area contributed by atoms with Gasteiger partial charge in [-0.3, -0.25) is 4.79 Å². The number of anilines is 1. The zero-order valence-corrected chi connectivity index (χ0v) is 14.2. The predicted octanol–water partition coefficient (Wildman–Crippen LogP) is 4.08. The molecule has 0 aromatic carbocycles. The first kappa shape index (κ1) is 17.0. The summed E-state index contributed by atoms with van der Waals surface area (Å²) in [7, 11) is 0. The van der Waals surface area contributed by atoms with Crippen LogP contribution < -0.4 is 5.73 Å². The molecule has 24 heavy (non-hydrogen) atoms. The Morgan fingerprint density at radius 3 is 2.79 bits per heavy atom. The summed E-state index contributed by atoms with van der Waals surface area (Å²) in [6.07, 6.45) is -2.53. The number of pyridine rings is 1. The first-order chi connectivity index (χ1) is 11.2. The van der Waals surface area contributed by atoms with Gasteiger partial charge in [-0.15, -0.1) is 11.3 Å². The first-order valence-electron chi connectivity index (χ1n) is 7.74. The number of carbonyl (C=O) groups is 1. The van der Waals surface area contributed by atoms with Crippen LogP contribution in [0.15, 0.2) is 6.07 Å². The Kier molecular flexibility index (Phi) is 4.19. The molecule has 1 aliphatic heterocycles. The number of nitrogen functional groups attached to an aromatic ring is 1. The molecular weight excluding hydrogens is 339 g/mol. The second kappa shape index (κ2) is 5.91. The van der Waals surface area contributed by atoms with Gasteiger partial charge in [0.15, 0.2) is 0 Å². The first-order valence-corrected chi connectivity index (χ1v) is 8.56. The largest absolute Gasteiger partial charge is 0.433 e. The maximum Gasteiger partial charge on any atom is 0.433 e. The Morgan fingerprint density at radius 1 is 1.46 bits per heavy atom. The van der Waals surface area contributed by atoms with Crippen molar-refractivity contribution >= 4 is 33.1 Å². The van der Waals surface area contributed by atoms with E-state index >= 15 is 0 Å². The van der Waals surface area contributed by atoms with Gasteiger partial charge in [-0.05, 0) is 37.3 Å². The van der Waals surface area contributed by atoms with Crippen molar-refractivity contribution in [2.24, 2.45) is 5.92 Å². The van der Waals surface area contributed by atoms with E-state index in [9.17, 15) is 18.0 Å². The number of nitrogens with zero attached hydrogens (tertiary/aromatic N) is 2. The zero-order chi connectivity index (χ0) is 17.6. The molecule has 1 atom stereocenters. The maximum absolute atomic E-state index is 12.9. The van der Waals surface area contributed by atoms with Gasteiger partial charge >= 0.3 is 6.18 Å². The number of halogens is 3. The lowest BCUT2D eigenvalue weighted by atomic mass is 10.00. The highest BCUT2D eigenvalue weighted by Crippen LogP contribution is 2.39. The fourth-order valence-electron chi connectivity index (χ4n) is 3.13. The third-order valence-electron chi connectivity index (χ3n) is 4.33. The third-order valence-corrected chi connectivity index (χ3v) is 5.41. The average molecular weight is 357 g/mol. The maximum atomic E-state index is 12.9. The predicted molar refractivity (Wildman–Crippen MR) is 88.1 cm³/mol. The highest BCUT2D eigenvalue weighted by molar-refractivity contribution is 7.21. The minimum absolute atomic E-state index is 0.160. The SMILES string of the molecule is Cc1cc(C(F)(F)F)nc2sc(C(=O)N3CCCC(C)C3)c(N)c12. The van der Waals surface area contributed by atoms with Crippen molar-refractivity contribution in [2.75, 3.05) is 18.8 Å². The van der Waals surface area contributed by atoms with Gasteiger partial charge in [-0.2, -0.15) is 13.2 Å². The number of nitrogens with two attached hydrogens (primary N) is 1. The van der Waals surface area contributed by atoms with Crippen LogP contribution >= 0.6 is 11.3 Å². The Balaban J connectivity index is 2.05. The molecule has 0 bridgehead atoms. The van der Waals surface area contributed by atoms with Crippen molar-refractivity contribution in [1.29, 1.82) is 0 Å². The summed E-state index contributed by atoms with van der Waals surface area (Å²) in [6, 6.07) is 0.975. The molecule has 8 heteroatoms. The number of fused-ring (bicyclic) bond motifs is 1. The number of hydrogen-bond donors (Lipinski definition) is 1. The van der Waals surface area contributed by atoms with Crippen molar-refractivity contribution in [3.8, 4) is 0 Å². The molecule has 0 aliphatic carbocycles. The van der Waals surface area contributed by atoms with Crippen LogP contribution in [0.3, 0.4) is 0 Å². The Bertz CT molecular complexity index is 800. The van der Waals surface area contributed by atoms with E-state index in [-0.39, 0.29) is 21.3 Å². The van der Waals surface area contributed by atoms with Gasteiger partial charge in [0, 0.05) is 18.5 Å². The minimum atomic E-state index is -4.52. The van der Waals surface area contributed by atoms with Crippen molar-refractivity contribution < 1.29 is 18.0 Å². The van der Waals surface area contributed by atoms with E-state index in [1.54, 1.807) is 11.8 Å². The average Bonchev–Trinajstić information content (AvgIpc) is 2.83. The summed E-state index contributed by atoms with van der Waals surface area (Å²) in [6.45, 7) is 4.93. The van der Waals surface area contributed by atoms with Gasteiger partial charge in [-0.25, -0.2) is 4.98 Å². The number of hydrogen-bond acceptors (Lipinski definition) is 4. The van der Waals surface area contributed by atoms with Gasteiger partial charge in [0.2, 0.25) is 0 Å². The van der Waals surface area contributed by atoms with E-state index in [4.69, 9.17) is 5.73 Å². The Morgan fingerprint density at radius 2 is 2.17 bits per heavy atom. The van der Waals surface area contributed by atoms with Crippen molar-refractivity contribution in [1.82, 2.24) is 9.88 Å². The number of rotatable bonds is 1. The smallest absolute Gasteiger partial charge is 0.397 e. The van der Waals surface area contributed by atoms with Gasteiger partial charge in [-0.1, -0.05) is 6.92 Å². The molecule has 1 saturated heterocycles. The second-order valence-corrected chi connectivity index (χ2v) is 7.34. The monoisotopic (exact) mass is 357 g/mol. The highest BCUT2D eigenvalue weighted by atomic mass is 32.1. The number of aryl methyl sites for hydroxylation is 1. The lowest BCUT2D eigenvalue weighted by molar-refractivity contribution is -0.141. The lowest BCUT2D eigenvalue weighted by Gasteiger charge is -2.30. The summed E-state index contributed by atoms with van der Waals surface area (Å²) in [5, 5.41) is 0.446. The van der Waals surface area contributed by atoms with Gasteiger partial charge < -0.3 is 10.6 Å². The molecule has 1 aliphatic rings. The molecule has 2 N–H and O–H groups in total. The molecular formula is C16H18F3N3OS. The fourth-order valence-corrected chi connectivity index (χ4v) is 4.27. The number of piperidine rings is 1. The molecule has 2 aromatic heterocycles.